The average molecular weight is 416 g/mol. The van der Waals surface area contributed by atoms with Crippen molar-refractivity contribution in [2.45, 2.75) is 6.92 Å². The van der Waals surface area contributed by atoms with Gasteiger partial charge >= 0.3 is 0 Å². The molecule has 2 heterocycles. The highest BCUT2D eigenvalue weighted by Crippen LogP contribution is 2.12. The van der Waals surface area contributed by atoms with Gasteiger partial charge in [-0.15, -0.1) is 10.2 Å². The number of likely N-dealkylation sites (N-methyl/N-ethyl adjacent to an activating group) is 1. The summed E-state index contributed by atoms with van der Waals surface area (Å²) >= 11 is 3.33. The van der Waals surface area contributed by atoms with Crippen molar-refractivity contribution in [1.82, 2.24) is 24.9 Å². The largest absolute Gasteiger partial charge is 0.492 e. The van der Waals surface area contributed by atoms with Crippen LogP contribution in [0.3, 0.4) is 0 Å². The SMILES string of the molecule is Cc1ccc(OCCN(C)C(=O)c2ccc(-n3cc(Br)cn3)nn2)cc1. The Kier molecular flexibility index (Phi) is 5.62. The molecule has 0 bridgehead atoms. The van der Waals surface area contributed by atoms with E-state index >= 15 is 0 Å². The number of nitrogens with zero attached hydrogens (tertiary/aromatic N) is 5. The zero-order valence-electron chi connectivity index (χ0n) is 14.5. The van der Waals surface area contributed by atoms with Crippen LogP contribution in [0, 0.1) is 6.92 Å². The number of carbonyl (C=O) groups is 1. The lowest BCUT2D eigenvalue weighted by Crippen LogP contribution is -2.31. The molecule has 3 aromatic rings. The predicted molar refractivity (Wildman–Crippen MR) is 100 cm³/mol. The molecule has 1 amide bonds. The molecule has 8 heteroatoms. The summed E-state index contributed by atoms with van der Waals surface area (Å²) in [6.07, 6.45) is 3.42. The van der Waals surface area contributed by atoms with E-state index in [9.17, 15) is 4.79 Å². The van der Waals surface area contributed by atoms with Crippen molar-refractivity contribution in [3.8, 4) is 11.6 Å². The van der Waals surface area contributed by atoms with Gasteiger partial charge in [-0.3, -0.25) is 4.79 Å². The van der Waals surface area contributed by atoms with Crippen LogP contribution in [0.15, 0.2) is 53.3 Å². The number of halogens is 1. The van der Waals surface area contributed by atoms with E-state index in [1.165, 1.54) is 5.56 Å². The van der Waals surface area contributed by atoms with Crippen LogP contribution in [-0.2, 0) is 0 Å². The van der Waals surface area contributed by atoms with E-state index in [0.717, 1.165) is 10.2 Å². The summed E-state index contributed by atoms with van der Waals surface area (Å²) in [4.78, 5) is 14.0. The van der Waals surface area contributed by atoms with E-state index in [0.29, 0.717) is 19.0 Å². The first kappa shape index (κ1) is 18.1. The first-order valence-corrected chi connectivity index (χ1v) is 8.81. The van der Waals surface area contributed by atoms with Crippen LogP contribution in [0.1, 0.15) is 16.1 Å². The number of aryl methyl sites for hydroxylation is 1. The molecule has 0 radical (unpaired) electrons. The second kappa shape index (κ2) is 8.09. The lowest BCUT2D eigenvalue weighted by molar-refractivity contribution is 0.0767. The maximum Gasteiger partial charge on any atom is 0.274 e. The molecule has 7 nitrogen and oxygen atoms in total. The van der Waals surface area contributed by atoms with Crippen LogP contribution in [-0.4, -0.2) is 51.0 Å². The van der Waals surface area contributed by atoms with Gasteiger partial charge < -0.3 is 9.64 Å². The number of carbonyl (C=O) groups excluding carboxylic acids is 1. The van der Waals surface area contributed by atoms with Crippen molar-refractivity contribution in [1.29, 1.82) is 0 Å². The van der Waals surface area contributed by atoms with Gasteiger partial charge in [0.2, 0.25) is 0 Å². The van der Waals surface area contributed by atoms with Gasteiger partial charge in [0.15, 0.2) is 11.5 Å². The average Bonchev–Trinajstić information content (AvgIpc) is 3.09. The minimum absolute atomic E-state index is 0.210. The Balaban J connectivity index is 1.55. The molecule has 0 aliphatic heterocycles. The monoisotopic (exact) mass is 415 g/mol. The van der Waals surface area contributed by atoms with Gasteiger partial charge in [0.1, 0.15) is 12.4 Å². The molecule has 0 saturated heterocycles. The highest BCUT2D eigenvalue weighted by atomic mass is 79.9. The Bertz CT molecular complexity index is 877. The van der Waals surface area contributed by atoms with Crippen LogP contribution < -0.4 is 4.74 Å². The molecule has 134 valence electrons. The molecule has 0 spiro atoms. The Morgan fingerprint density at radius 2 is 1.96 bits per heavy atom. The number of amides is 1. The zero-order valence-corrected chi connectivity index (χ0v) is 16.0. The summed E-state index contributed by atoms with van der Waals surface area (Å²) in [5.74, 6) is 1.11. The first-order valence-electron chi connectivity index (χ1n) is 8.02. The van der Waals surface area contributed by atoms with E-state index in [4.69, 9.17) is 4.74 Å². The topological polar surface area (TPSA) is 73.1 Å². The fourth-order valence-electron chi connectivity index (χ4n) is 2.22. The molecular weight excluding hydrogens is 398 g/mol. The molecule has 2 aromatic heterocycles. The molecule has 26 heavy (non-hydrogen) atoms. The first-order chi connectivity index (χ1) is 12.5. The fourth-order valence-corrected chi connectivity index (χ4v) is 2.51. The van der Waals surface area contributed by atoms with Crippen LogP contribution >= 0.6 is 15.9 Å². The second-order valence-corrected chi connectivity index (χ2v) is 6.68. The maximum absolute atomic E-state index is 12.4. The second-order valence-electron chi connectivity index (χ2n) is 5.77. The molecule has 0 atom stereocenters. The number of hydrogen-bond acceptors (Lipinski definition) is 5. The Hall–Kier alpha value is -2.74. The van der Waals surface area contributed by atoms with Crippen LogP contribution in [0.2, 0.25) is 0 Å². The van der Waals surface area contributed by atoms with Crippen molar-refractivity contribution in [3.63, 3.8) is 0 Å². The van der Waals surface area contributed by atoms with E-state index in [2.05, 4.69) is 31.2 Å². The number of rotatable bonds is 6. The van der Waals surface area contributed by atoms with Crippen molar-refractivity contribution in [3.05, 3.63) is 64.5 Å². The molecule has 0 unspecified atom stereocenters. The predicted octanol–water partition coefficient (Wildman–Crippen LogP) is 2.88. The van der Waals surface area contributed by atoms with E-state index in [1.807, 2.05) is 31.2 Å². The lowest BCUT2D eigenvalue weighted by Gasteiger charge is -2.17. The molecule has 0 aliphatic carbocycles. The maximum atomic E-state index is 12.4. The molecule has 3 rings (SSSR count). The molecular formula is C18H18BrN5O2. The van der Waals surface area contributed by atoms with Crippen molar-refractivity contribution in [2.24, 2.45) is 0 Å². The molecule has 1 aromatic carbocycles. The number of hydrogen-bond donors (Lipinski definition) is 0. The lowest BCUT2D eigenvalue weighted by atomic mass is 10.2. The summed E-state index contributed by atoms with van der Waals surface area (Å²) < 4.78 is 8.07. The quantitative estimate of drug-likeness (QED) is 0.618. The van der Waals surface area contributed by atoms with Gasteiger partial charge in [0.25, 0.3) is 5.91 Å². The Labute approximate surface area is 159 Å². The molecule has 0 fully saturated rings. The fraction of sp³-hybridized carbons (Fsp3) is 0.222. The summed E-state index contributed by atoms with van der Waals surface area (Å²) in [5.41, 5.74) is 1.45. The third-order valence-corrected chi connectivity index (χ3v) is 4.13. The minimum Gasteiger partial charge on any atom is -0.492 e. The summed E-state index contributed by atoms with van der Waals surface area (Å²) in [6, 6.07) is 11.1. The standard InChI is InChI=1S/C18H18BrN5O2/c1-13-3-5-15(6-4-13)26-10-9-23(2)18(25)16-7-8-17(22-21-16)24-12-14(19)11-20-24/h3-8,11-12H,9-10H2,1-2H3. The summed E-state index contributed by atoms with van der Waals surface area (Å²) in [5, 5.41) is 12.2. The van der Waals surface area contributed by atoms with E-state index in [1.54, 1.807) is 41.2 Å². The van der Waals surface area contributed by atoms with Gasteiger partial charge in [-0.05, 0) is 47.1 Å². The normalized spacial score (nSPS) is 10.6. The zero-order chi connectivity index (χ0) is 18.5. The molecule has 0 saturated carbocycles. The summed E-state index contributed by atoms with van der Waals surface area (Å²) in [6.45, 7) is 2.87. The Morgan fingerprint density at radius 1 is 1.19 bits per heavy atom. The van der Waals surface area contributed by atoms with Gasteiger partial charge in [0, 0.05) is 13.2 Å². The van der Waals surface area contributed by atoms with Crippen molar-refractivity contribution in [2.75, 3.05) is 20.2 Å². The van der Waals surface area contributed by atoms with Crippen molar-refractivity contribution >= 4 is 21.8 Å². The molecule has 0 N–H and O–H groups in total. The number of benzene rings is 1. The van der Waals surface area contributed by atoms with Crippen LogP contribution in [0.25, 0.3) is 5.82 Å². The van der Waals surface area contributed by atoms with Crippen LogP contribution in [0.4, 0.5) is 0 Å². The highest BCUT2D eigenvalue weighted by Gasteiger charge is 2.14. The van der Waals surface area contributed by atoms with Gasteiger partial charge in [-0.1, -0.05) is 17.7 Å². The summed E-state index contributed by atoms with van der Waals surface area (Å²) in [7, 11) is 1.71. The van der Waals surface area contributed by atoms with Crippen molar-refractivity contribution < 1.29 is 9.53 Å². The molecule has 0 aliphatic rings. The third kappa shape index (κ3) is 4.45. The van der Waals surface area contributed by atoms with Gasteiger partial charge in [-0.25, -0.2) is 4.68 Å². The van der Waals surface area contributed by atoms with E-state index < -0.39 is 0 Å². The van der Waals surface area contributed by atoms with Gasteiger partial charge in [0.05, 0.1) is 17.2 Å². The Morgan fingerprint density at radius 3 is 2.58 bits per heavy atom. The minimum atomic E-state index is -0.210. The number of aromatic nitrogens is 4. The van der Waals surface area contributed by atoms with Crippen LogP contribution in [0.5, 0.6) is 5.75 Å². The third-order valence-electron chi connectivity index (χ3n) is 3.72. The highest BCUT2D eigenvalue weighted by molar-refractivity contribution is 9.10. The number of ether oxygens (including phenoxy) is 1. The van der Waals surface area contributed by atoms with E-state index in [-0.39, 0.29) is 11.6 Å². The smallest absolute Gasteiger partial charge is 0.274 e. The van der Waals surface area contributed by atoms with Gasteiger partial charge in [-0.2, -0.15) is 5.10 Å².